The van der Waals surface area contributed by atoms with Gasteiger partial charge in [0.25, 0.3) is 0 Å². The first kappa shape index (κ1) is 20.9. The molecule has 2 nitrogen and oxygen atoms in total. The highest BCUT2D eigenvalue weighted by molar-refractivity contribution is 5.83. The first-order valence-electron chi connectivity index (χ1n) is 8.83. The Hall–Kier alpha value is -1.05. The molecule has 0 spiro atoms. The molecule has 0 aliphatic heterocycles. The van der Waals surface area contributed by atoms with E-state index in [4.69, 9.17) is 4.74 Å². The summed E-state index contributed by atoms with van der Waals surface area (Å²) in [5.74, 6) is 1.31. The van der Waals surface area contributed by atoms with Crippen LogP contribution in [0.5, 0.6) is 0 Å². The Morgan fingerprint density at radius 2 is 1.64 bits per heavy atom. The summed E-state index contributed by atoms with van der Waals surface area (Å²) >= 11 is 0. The monoisotopic (exact) mass is 308 g/mol. The minimum atomic E-state index is -0.242. The molecule has 128 valence electrons. The molecule has 0 radical (unpaired) electrons. The van der Waals surface area contributed by atoms with E-state index in [1.54, 1.807) is 6.08 Å². The Morgan fingerprint density at radius 1 is 1.05 bits per heavy atom. The summed E-state index contributed by atoms with van der Waals surface area (Å²) in [6, 6.07) is 0. The summed E-state index contributed by atoms with van der Waals surface area (Å²) in [6.45, 7) is 15.5. The van der Waals surface area contributed by atoms with Crippen molar-refractivity contribution < 1.29 is 9.53 Å². The minimum Gasteiger partial charge on any atom is -0.463 e. The first-order valence-corrected chi connectivity index (χ1v) is 8.83. The van der Waals surface area contributed by atoms with Gasteiger partial charge in [0.2, 0.25) is 0 Å². The summed E-state index contributed by atoms with van der Waals surface area (Å²) in [4.78, 5) is 11.5. The fraction of sp³-hybridized carbons (Fsp3) is 0.750. The Morgan fingerprint density at radius 3 is 2.18 bits per heavy atom. The molecule has 0 heterocycles. The molecule has 0 fully saturated rings. The maximum absolute atomic E-state index is 11.5. The van der Waals surface area contributed by atoms with Crippen LogP contribution in [0.4, 0.5) is 0 Å². The average molecular weight is 309 g/mol. The van der Waals surface area contributed by atoms with E-state index in [0.29, 0.717) is 12.5 Å². The fourth-order valence-electron chi connectivity index (χ4n) is 2.60. The minimum absolute atomic E-state index is 0.242. The Bertz CT molecular complexity index is 391. The number of ether oxygens (including phenoxy) is 1. The molecule has 0 amide bonds. The lowest BCUT2D eigenvalue weighted by atomic mass is 9.90. The van der Waals surface area contributed by atoms with Crippen LogP contribution in [-0.4, -0.2) is 12.6 Å². The van der Waals surface area contributed by atoms with E-state index in [-0.39, 0.29) is 5.97 Å². The van der Waals surface area contributed by atoms with E-state index in [1.165, 1.54) is 36.8 Å². The van der Waals surface area contributed by atoms with Crippen LogP contribution in [0.1, 0.15) is 80.6 Å². The summed E-state index contributed by atoms with van der Waals surface area (Å²) in [6.07, 6.45) is 7.95. The van der Waals surface area contributed by atoms with E-state index < -0.39 is 0 Å². The number of carbonyl (C=O) groups excluding carboxylic acids is 1. The molecular formula is C20H36O2. The van der Waals surface area contributed by atoms with Gasteiger partial charge in [0, 0.05) is 6.08 Å². The Labute approximate surface area is 138 Å². The van der Waals surface area contributed by atoms with Crippen molar-refractivity contribution in [2.24, 2.45) is 11.8 Å². The molecule has 0 aromatic rings. The standard InChI is InChI=1S/C20H36O2/c1-8-15(3)11-10-12-16(4)13-17(5)19(7)18(6)14-20(21)22-9-2/h14-16H,8-13H2,1-7H3. The van der Waals surface area contributed by atoms with Gasteiger partial charge < -0.3 is 4.74 Å². The predicted molar refractivity (Wildman–Crippen MR) is 95.9 cm³/mol. The molecule has 2 atom stereocenters. The van der Waals surface area contributed by atoms with Crippen LogP contribution < -0.4 is 0 Å². The summed E-state index contributed by atoms with van der Waals surface area (Å²) < 4.78 is 4.97. The number of rotatable bonds is 10. The summed E-state index contributed by atoms with van der Waals surface area (Å²) in [7, 11) is 0. The molecule has 0 saturated heterocycles. The van der Waals surface area contributed by atoms with Crippen LogP contribution in [-0.2, 0) is 9.53 Å². The quantitative estimate of drug-likeness (QED) is 0.278. The van der Waals surface area contributed by atoms with Crippen LogP contribution in [0.3, 0.4) is 0 Å². The highest BCUT2D eigenvalue weighted by Gasteiger charge is 2.08. The number of carbonyl (C=O) groups is 1. The maximum atomic E-state index is 11.5. The highest BCUT2D eigenvalue weighted by atomic mass is 16.5. The molecule has 0 saturated carbocycles. The second-order valence-corrected chi connectivity index (χ2v) is 6.74. The van der Waals surface area contributed by atoms with Crippen LogP contribution in [0.2, 0.25) is 0 Å². The van der Waals surface area contributed by atoms with E-state index in [2.05, 4.69) is 34.6 Å². The topological polar surface area (TPSA) is 26.3 Å². The van der Waals surface area contributed by atoms with E-state index in [9.17, 15) is 4.79 Å². The van der Waals surface area contributed by atoms with E-state index in [0.717, 1.165) is 17.9 Å². The second kappa shape index (κ2) is 11.5. The van der Waals surface area contributed by atoms with Crippen molar-refractivity contribution in [2.75, 3.05) is 6.61 Å². The van der Waals surface area contributed by atoms with Crippen molar-refractivity contribution in [1.29, 1.82) is 0 Å². The summed E-state index contributed by atoms with van der Waals surface area (Å²) in [5.41, 5.74) is 3.62. The largest absolute Gasteiger partial charge is 0.463 e. The molecule has 0 aromatic carbocycles. The first-order chi connectivity index (χ1) is 10.3. The average Bonchev–Trinajstić information content (AvgIpc) is 2.46. The molecule has 22 heavy (non-hydrogen) atoms. The molecule has 0 aliphatic rings. The van der Waals surface area contributed by atoms with Gasteiger partial charge in [0.1, 0.15) is 0 Å². The van der Waals surface area contributed by atoms with Crippen LogP contribution in [0.15, 0.2) is 22.8 Å². The molecule has 2 heteroatoms. The van der Waals surface area contributed by atoms with Crippen molar-refractivity contribution in [3.05, 3.63) is 22.8 Å². The SMILES string of the molecule is CCOC(=O)C=C(C)C(C)=C(C)CC(C)CCCC(C)CC. The Kier molecular flexibility index (Phi) is 11.0. The van der Waals surface area contributed by atoms with Crippen LogP contribution in [0, 0.1) is 11.8 Å². The van der Waals surface area contributed by atoms with Gasteiger partial charge in [-0.3, -0.25) is 0 Å². The Balaban J connectivity index is 4.46. The third-order valence-corrected chi connectivity index (χ3v) is 4.60. The number of allylic oxidation sites excluding steroid dienone is 3. The van der Waals surface area contributed by atoms with E-state index in [1.807, 2.05) is 13.8 Å². The lowest BCUT2D eigenvalue weighted by Gasteiger charge is -2.16. The van der Waals surface area contributed by atoms with Gasteiger partial charge in [-0.05, 0) is 57.1 Å². The smallest absolute Gasteiger partial charge is 0.331 e. The van der Waals surface area contributed by atoms with Crippen molar-refractivity contribution in [3.63, 3.8) is 0 Å². The van der Waals surface area contributed by atoms with Gasteiger partial charge in [-0.15, -0.1) is 0 Å². The molecule has 0 rings (SSSR count). The third kappa shape index (κ3) is 9.07. The number of hydrogen-bond acceptors (Lipinski definition) is 2. The third-order valence-electron chi connectivity index (χ3n) is 4.60. The zero-order chi connectivity index (χ0) is 17.1. The van der Waals surface area contributed by atoms with Gasteiger partial charge >= 0.3 is 5.97 Å². The normalized spacial score (nSPS) is 16.0. The molecular weight excluding hydrogens is 272 g/mol. The van der Waals surface area contributed by atoms with Crippen LogP contribution in [0.25, 0.3) is 0 Å². The zero-order valence-electron chi connectivity index (χ0n) is 15.8. The molecule has 2 unspecified atom stereocenters. The number of esters is 1. The zero-order valence-corrected chi connectivity index (χ0v) is 15.8. The van der Waals surface area contributed by atoms with Gasteiger partial charge in [-0.1, -0.05) is 52.0 Å². The highest BCUT2D eigenvalue weighted by Crippen LogP contribution is 2.24. The molecule has 0 bridgehead atoms. The van der Waals surface area contributed by atoms with Crippen molar-refractivity contribution >= 4 is 5.97 Å². The lowest BCUT2D eigenvalue weighted by molar-refractivity contribution is -0.137. The summed E-state index contributed by atoms with van der Waals surface area (Å²) in [5, 5.41) is 0. The lowest BCUT2D eigenvalue weighted by Crippen LogP contribution is -2.02. The number of hydrogen-bond donors (Lipinski definition) is 0. The predicted octanol–water partition coefficient (Wildman–Crippen LogP) is 6.07. The van der Waals surface area contributed by atoms with E-state index >= 15 is 0 Å². The maximum Gasteiger partial charge on any atom is 0.331 e. The molecule has 0 aromatic heterocycles. The van der Waals surface area contributed by atoms with Gasteiger partial charge in [0.05, 0.1) is 6.61 Å². The van der Waals surface area contributed by atoms with Crippen molar-refractivity contribution in [1.82, 2.24) is 0 Å². The molecule has 0 aliphatic carbocycles. The van der Waals surface area contributed by atoms with Gasteiger partial charge in [0.15, 0.2) is 0 Å². The van der Waals surface area contributed by atoms with Crippen molar-refractivity contribution in [2.45, 2.75) is 80.6 Å². The fourth-order valence-corrected chi connectivity index (χ4v) is 2.60. The van der Waals surface area contributed by atoms with Gasteiger partial charge in [-0.25, -0.2) is 4.79 Å². The van der Waals surface area contributed by atoms with Gasteiger partial charge in [-0.2, -0.15) is 0 Å². The second-order valence-electron chi connectivity index (χ2n) is 6.74. The van der Waals surface area contributed by atoms with Crippen molar-refractivity contribution in [3.8, 4) is 0 Å². The van der Waals surface area contributed by atoms with Crippen LogP contribution >= 0.6 is 0 Å². The molecule has 0 N–H and O–H groups in total.